The number of nitrogens with zero attached hydrogens (tertiary/aromatic N) is 9. The molecule has 310 valence electrons. The Bertz CT molecular complexity index is 2480. The number of nitrogens with one attached hydrogen (secondary N) is 3. The molecule has 5 aromatic rings. The van der Waals surface area contributed by atoms with E-state index in [2.05, 4.69) is 78.7 Å². The van der Waals surface area contributed by atoms with E-state index in [9.17, 15) is 19.2 Å². The van der Waals surface area contributed by atoms with Crippen molar-refractivity contribution in [3.05, 3.63) is 71.5 Å². The molecule has 4 aliphatic rings. The topological polar surface area (TPSA) is 182 Å². The molecule has 3 fully saturated rings. The van der Waals surface area contributed by atoms with Gasteiger partial charge in [0, 0.05) is 62.3 Å². The SMILES string of the molecule is C=NCc1cnn2c(-c3cc(NC(C)C)c(-c4nnc(N5CCC(NCC6CCN(c7ccc8c(c7)C(=O)N(C7CCC(=O)NC7=O)C8=O)CC6)CC5)s4)cn3)ccc2c1. The van der Waals surface area contributed by atoms with Crippen LogP contribution in [0.3, 0.4) is 0 Å². The van der Waals surface area contributed by atoms with Crippen molar-refractivity contribution < 1.29 is 19.2 Å². The van der Waals surface area contributed by atoms with Crippen molar-refractivity contribution in [2.45, 2.75) is 77.0 Å². The van der Waals surface area contributed by atoms with Gasteiger partial charge in [-0.25, -0.2) is 4.52 Å². The van der Waals surface area contributed by atoms with E-state index in [1.165, 1.54) is 0 Å². The van der Waals surface area contributed by atoms with Crippen molar-refractivity contribution in [3.8, 4) is 22.0 Å². The first-order valence-electron chi connectivity index (χ1n) is 20.7. The minimum Gasteiger partial charge on any atom is -0.382 e. The Morgan fingerprint density at radius 1 is 0.883 bits per heavy atom. The number of hydrogen-bond donors (Lipinski definition) is 3. The summed E-state index contributed by atoms with van der Waals surface area (Å²) in [5, 5.41) is 25.4. The molecule has 0 saturated carbocycles. The summed E-state index contributed by atoms with van der Waals surface area (Å²) in [4.78, 5) is 65.1. The molecule has 1 unspecified atom stereocenters. The molecule has 4 amide bonds. The standard InChI is InChI=1S/C43H48N12O4S/c1-25(2)48-34-20-35(36-7-5-30-18-27(21-44-3)23-47-55(30)36)46-24-33(34)40-50-51-43(60-40)53-16-12-28(13-17-53)45-22-26-10-14-52(15-11-26)29-4-6-31-32(19-29)42(59)54(41(31)58)37-8-9-38(56)49-39(37)57/h4-7,18-20,23-26,28,37,45H,3,8-17,21-22H2,1-2H3,(H,46,48)(H,49,56,57). The summed E-state index contributed by atoms with van der Waals surface area (Å²) in [6.45, 7) is 12.8. The summed E-state index contributed by atoms with van der Waals surface area (Å²) in [7, 11) is 0. The zero-order valence-corrected chi connectivity index (χ0v) is 34.6. The van der Waals surface area contributed by atoms with E-state index in [1.807, 2.05) is 35.1 Å². The Morgan fingerprint density at radius 3 is 2.43 bits per heavy atom. The van der Waals surface area contributed by atoms with Gasteiger partial charge in [0.05, 0.1) is 46.3 Å². The predicted octanol–water partition coefficient (Wildman–Crippen LogP) is 4.81. The molecule has 3 N–H and O–H groups in total. The number of pyridine rings is 1. The van der Waals surface area contributed by atoms with Gasteiger partial charge in [-0.3, -0.25) is 39.4 Å². The molecule has 4 aromatic heterocycles. The Morgan fingerprint density at radius 2 is 1.67 bits per heavy atom. The monoisotopic (exact) mass is 828 g/mol. The van der Waals surface area contributed by atoms with Crippen molar-refractivity contribution in [2.75, 3.05) is 47.8 Å². The van der Waals surface area contributed by atoms with Crippen molar-refractivity contribution in [1.29, 1.82) is 0 Å². The molecule has 60 heavy (non-hydrogen) atoms. The molecule has 0 aliphatic carbocycles. The molecule has 16 nitrogen and oxygen atoms in total. The number of piperidine rings is 3. The first-order valence-corrected chi connectivity index (χ1v) is 21.5. The van der Waals surface area contributed by atoms with Crippen LogP contribution in [0.1, 0.15) is 78.7 Å². The third kappa shape index (κ3) is 7.74. The highest BCUT2D eigenvalue weighted by molar-refractivity contribution is 7.18. The van der Waals surface area contributed by atoms with Crippen LogP contribution in [0.4, 0.5) is 16.5 Å². The van der Waals surface area contributed by atoms with Gasteiger partial charge < -0.3 is 20.4 Å². The third-order valence-electron chi connectivity index (χ3n) is 12.0. The second-order valence-electron chi connectivity index (χ2n) is 16.4. The van der Waals surface area contributed by atoms with Crippen LogP contribution < -0.4 is 25.8 Å². The van der Waals surface area contributed by atoms with Gasteiger partial charge in [-0.2, -0.15) is 5.10 Å². The van der Waals surface area contributed by atoms with Crippen LogP contribution in [0, 0.1) is 5.92 Å². The normalized spacial score (nSPS) is 19.1. The van der Waals surface area contributed by atoms with Gasteiger partial charge in [0.25, 0.3) is 11.8 Å². The average molecular weight is 829 g/mol. The number of carbonyl (C=O) groups excluding carboxylic acids is 4. The molecule has 1 aromatic carbocycles. The molecule has 4 aliphatic heterocycles. The van der Waals surface area contributed by atoms with Crippen LogP contribution in [0.15, 0.2) is 59.9 Å². The smallest absolute Gasteiger partial charge is 0.262 e. The minimum absolute atomic E-state index is 0.0974. The van der Waals surface area contributed by atoms with Gasteiger partial charge in [0.1, 0.15) is 6.04 Å². The first kappa shape index (κ1) is 39.4. The molecule has 1 atom stereocenters. The molecule has 9 rings (SSSR count). The zero-order valence-electron chi connectivity index (χ0n) is 33.8. The lowest BCUT2D eigenvalue weighted by Gasteiger charge is -2.36. The lowest BCUT2D eigenvalue weighted by atomic mass is 9.95. The summed E-state index contributed by atoms with van der Waals surface area (Å²) in [6.07, 6.45) is 8.02. The number of anilines is 3. The number of amides is 4. The molecule has 0 bridgehead atoms. The number of imide groups is 2. The molecule has 0 spiro atoms. The highest BCUT2D eigenvalue weighted by Gasteiger charge is 2.45. The fourth-order valence-corrected chi connectivity index (χ4v) is 9.68. The van der Waals surface area contributed by atoms with Crippen LogP contribution in [0.5, 0.6) is 0 Å². The van der Waals surface area contributed by atoms with Crippen molar-refractivity contribution in [2.24, 2.45) is 10.9 Å². The fraction of sp³-hybridized carbons (Fsp3) is 0.419. The molecular weight excluding hydrogens is 781 g/mol. The van der Waals surface area contributed by atoms with Crippen molar-refractivity contribution in [3.63, 3.8) is 0 Å². The summed E-state index contributed by atoms with van der Waals surface area (Å²) in [5.74, 6) is -1.40. The number of fused-ring (bicyclic) bond motifs is 2. The van der Waals surface area contributed by atoms with E-state index in [0.29, 0.717) is 29.6 Å². The van der Waals surface area contributed by atoms with Gasteiger partial charge in [0.15, 0.2) is 5.01 Å². The average Bonchev–Trinajstić information content (AvgIpc) is 3.97. The number of aliphatic imine (C=N–C) groups is 1. The molecule has 17 heteroatoms. The predicted molar refractivity (Wildman–Crippen MR) is 231 cm³/mol. The number of aromatic nitrogens is 5. The van der Waals surface area contributed by atoms with Gasteiger partial charge in [-0.15, -0.1) is 10.2 Å². The minimum atomic E-state index is -0.966. The summed E-state index contributed by atoms with van der Waals surface area (Å²) in [5.41, 5.74) is 7.09. The second-order valence-corrected chi connectivity index (χ2v) is 17.3. The van der Waals surface area contributed by atoms with Crippen LogP contribution in [-0.2, 0) is 16.1 Å². The number of hydrogen-bond acceptors (Lipinski definition) is 14. The van der Waals surface area contributed by atoms with E-state index in [-0.39, 0.29) is 24.8 Å². The summed E-state index contributed by atoms with van der Waals surface area (Å²) in [6, 6.07) is 13.2. The Balaban J connectivity index is 0.770. The summed E-state index contributed by atoms with van der Waals surface area (Å²) >= 11 is 1.60. The highest BCUT2D eigenvalue weighted by Crippen LogP contribution is 2.37. The Labute approximate surface area is 351 Å². The molecule has 3 saturated heterocycles. The third-order valence-corrected chi connectivity index (χ3v) is 13.0. The maximum atomic E-state index is 13.4. The van der Waals surface area contributed by atoms with Crippen molar-refractivity contribution >= 4 is 63.7 Å². The van der Waals surface area contributed by atoms with Gasteiger partial charge in [-0.05, 0) is 113 Å². The number of rotatable bonds is 12. The Kier molecular flexibility index (Phi) is 10.9. The molecule has 0 radical (unpaired) electrons. The van der Waals surface area contributed by atoms with E-state index in [4.69, 9.17) is 4.98 Å². The van der Waals surface area contributed by atoms with Gasteiger partial charge in [-0.1, -0.05) is 11.3 Å². The van der Waals surface area contributed by atoms with Crippen molar-refractivity contribution in [1.82, 2.24) is 40.3 Å². The zero-order chi connectivity index (χ0) is 41.5. The van der Waals surface area contributed by atoms with E-state index in [0.717, 1.165) is 113 Å². The maximum absolute atomic E-state index is 13.4. The first-order chi connectivity index (χ1) is 29.1. The lowest BCUT2D eigenvalue weighted by molar-refractivity contribution is -0.136. The fourth-order valence-electron chi connectivity index (χ4n) is 8.76. The van der Waals surface area contributed by atoms with Gasteiger partial charge >= 0.3 is 0 Å². The lowest BCUT2D eigenvalue weighted by Crippen LogP contribution is -2.54. The van der Waals surface area contributed by atoms with Gasteiger partial charge in [0.2, 0.25) is 16.9 Å². The van der Waals surface area contributed by atoms with E-state index >= 15 is 0 Å². The van der Waals surface area contributed by atoms with Crippen LogP contribution in [-0.4, -0.2) is 111 Å². The molecular formula is C43H48N12O4S. The largest absolute Gasteiger partial charge is 0.382 e. The quantitative estimate of drug-likeness (QED) is 0.116. The second kappa shape index (κ2) is 16.5. The van der Waals surface area contributed by atoms with E-state index in [1.54, 1.807) is 23.5 Å². The maximum Gasteiger partial charge on any atom is 0.262 e. The molecule has 8 heterocycles. The summed E-state index contributed by atoms with van der Waals surface area (Å²) < 4.78 is 1.90. The van der Waals surface area contributed by atoms with Crippen LogP contribution >= 0.6 is 11.3 Å². The van der Waals surface area contributed by atoms with Crippen LogP contribution in [0.2, 0.25) is 0 Å². The van der Waals surface area contributed by atoms with E-state index < -0.39 is 23.8 Å². The number of carbonyl (C=O) groups is 4. The number of benzene rings is 1. The Hall–Kier alpha value is -6.07. The van der Waals surface area contributed by atoms with Crippen LogP contribution in [0.25, 0.3) is 27.5 Å². The highest BCUT2D eigenvalue weighted by atomic mass is 32.1.